The van der Waals surface area contributed by atoms with Gasteiger partial charge in [-0.1, -0.05) is 19.1 Å². The minimum absolute atomic E-state index is 0.0448. The van der Waals surface area contributed by atoms with E-state index >= 15 is 0 Å². The van der Waals surface area contributed by atoms with E-state index in [2.05, 4.69) is 10.3 Å². The van der Waals surface area contributed by atoms with Crippen molar-refractivity contribution in [2.45, 2.75) is 32.0 Å². The molecule has 0 aliphatic carbocycles. The molecule has 0 radical (unpaired) electrons. The third-order valence-corrected chi connectivity index (χ3v) is 3.20. The Kier molecular flexibility index (Phi) is 4.60. The van der Waals surface area contributed by atoms with Crippen LogP contribution in [-0.4, -0.2) is 17.7 Å². The van der Waals surface area contributed by atoms with Crippen LogP contribution in [0, 0.1) is 0 Å². The summed E-state index contributed by atoms with van der Waals surface area (Å²) < 4.78 is 37.2. The third-order valence-electron chi connectivity index (χ3n) is 3.20. The fourth-order valence-electron chi connectivity index (χ4n) is 2.25. The topological polar surface area (TPSA) is 24.9 Å². The molecule has 2 aromatic rings. The van der Waals surface area contributed by atoms with Gasteiger partial charge in [0.2, 0.25) is 0 Å². The highest BCUT2D eigenvalue weighted by molar-refractivity contribution is 5.79. The molecule has 1 unspecified atom stereocenters. The summed E-state index contributed by atoms with van der Waals surface area (Å²) in [5.74, 6) is 0. The molecule has 2 nitrogen and oxygen atoms in total. The van der Waals surface area contributed by atoms with Crippen LogP contribution in [0.25, 0.3) is 10.9 Å². The fraction of sp³-hybridized carbons (Fsp3) is 0.400. The Bertz CT molecular complexity index is 566. The lowest BCUT2D eigenvalue weighted by atomic mass is 10.00. The summed E-state index contributed by atoms with van der Waals surface area (Å²) in [6.07, 6.45) is -3.15. The number of nitrogens with zero attached hydrogens (tertiary/aromatic N) is 1. The summed E-state index contributed by atoms with van der Waals surface area (Å²) >= 11 is 0. The Balaban J connectivity index is 2.21. The number of aromatic nitrogens is 1. The van der Waals surface area contributed by atoms with E-state index in [1.807, 2.05) is 37.3 Å². The molecule has 0 aliphatic rings. The summed E-state index contributed by atoms with van der Waals surface area (Å²) in [6, 6.07) is 9.06. The molecule has 1 heterocycles. The summed E-state index contributed by atoms with van der Waals surface area (Å²) in [6.45, 7) is 2.52. The van der Waals surface area contributed by atoms with Gasteiger partial charge in [0.05, 0.1) is 5.52 Å². The summed E-state index contributed by atoms with van der Waals surface area (Å²) in [4.78, 5) is 4.21. The van der Waals surface area contributed by atoms with Crippen LogP contribution in [0.3, 0.4) is 0 Å². The first-order chi connectivity index (χ1) is 9.49. The molecule has 0 amide bonds. The zero-order valence-electron chi connectivity index (χ0n) is 11.2. The van der Waals surface area contributed by atoms with Gasteiger partial charge in [-0.25, -0.2) is 0 Å². The molecule has 0 aliphatic heterocycles. The van der Waals surface area contributed by atoms with Crippen LogP contribution >= 0.6 is 0 Å². The van der Waals surface area contributed by atoms with E-state index in [1.165, 1.54) is 0 Å². The van der Waals surface area contributed by atoms with Crippen LogP contribution in [0.5, 0.6) is 0 Å². The number of alkyl halides is 3. The number of hydrogen-bond donors (Lipinski definition) is 1. The number of fused-ring (bicyclic) bond motifs is 1. The Morgan fingerprint density at radius 1 is 1.25 bits per heavy atom. The Hall–Kier alpha value is -1.62. The van der Waals surface area contributed by atoms with Gasteiger partial charge in [-0.2, -0.15) is 13.2 Å². The number of pyridine rings is 1. The molecule has 2 rings (SSSR count). The van der Waals surface area contributed by atoms with Crippen molar-refractivity contribution >= 4 is 10.9 Å². The zero-order valence-corrected chi connectivity index (χ0v) is 11.2. The van der Waals surface area contributed by atoms with Crippen LogP contribution < -0.4 is 5.32 Å². The molecule has 1 atom stereocenters. The number of hydrogen-bond acceptors (Lipinski definition) is 2. The molecular weight excluding hydrogens is 265 g/mol. The number of nitrogens with one attached hydrogen (secondary N) is 1. The van der Waals surface area contributed by atoms with E-state index in [0.29, 0.717) is 6.54 Å². The first kappa shape index (κ1) is 14.8. The molecule has 0 spiro atoms. The maximum atomic E-state index is 12.4. The molecule has 108 valence electrons. The second-order valence-corrected chi connectivity index (χ2v) is 4.72. The van der Waals surface area contributed by atoms with E-state index < -0.39 is 12.6 Å². The average Bonchev–Trinajstić information content (AvgIpc) is 2.42. The van der Waals surface area contributed by atoms with Crippen molar-refractivity contribution in [3.63, 3.8) is 0 Å². The lowest BCUT2D eigenvalue weighted by Gasteiger charge is -2.19. The van der Waals surface area contributed by atoms with E-state index in [-0.39, 0.29) is 12.5 Å². The van der Waals surface area contributed by atoms with Crippen molar-refractivity contribution in [1.29, 1.82) is 0 Å². The lowest BCUT2D eigenvalue weighted by molar-refractivity contribution is -0.136. The Morgan fingerprint density at radius 3 is 2.75 bits per heavy atom. The van der Waals surface area contributed by atoms with Crippen molar-refractivity contribution in [3.8, 4) is 0 Å². The zero-order chi connectivity index (χ0) is 14.6. The fourth-order valence-corrected chi connectivity index (χ4v) is 2.25. The largest absolute Gasteiger partial charge is 0.389 e. The first-order valence-electron chi connectivity index (χ1n) is 6.64. The van der Waals surface area contributed by atoms with E-state index in [9.17, 15) is 13.2 Å². The monoisotopic (exact) mass is 282 g/mol. The predicted molar refractivity (Wildman–Crippen MR) is 73.4 cm³/mol. The highest BCUT2D eigenvalue weighted by atomic mass is 19.4. The minimum atomic E-state index is -4.12. The molecule has 0 fully saturated rings. The number of rotatable bonds is 5. The second-order valence-electron chi connectivity index (χ2n) is 4.72. The van der Waals surface area contributed by atoms with E-state index in [0.717, 1.165) is 16.5 Å². The van der Waals surface area contributed by atoms with Gasteiger partial charge in [-0.05, 0) is 36.7 Å². The van der Waals surface area contributed by atoms with Crippen molar-refractivity contribution in [2.75, 3.05) is 6.54 Å². The molecule has 0 saturated carbocycles. The van der Waals surface area contributed by atoms with Gasteiger partial charge in [-0.15, -0.1) is 0 Å². The first-order valence-corrected chi connectivity index (χ1v) is 6.64. The maximum Gasteiger partial charge on any atom is 0.389 e. The smallest absolute Gasteiger partial charge is 0.310 e. The van der Waals surface area contributed by atoms with Crippen molar-refractivity contribution in [2.24, 2.45) is 0 Å². The number of halogens is 3. The van der Waals surface area contributed by atoms with Gasteiger partial charge in [0.25, 0.3) is 0 Å². The summed E-state index contributed by atoms with van der Waals surface area (Å²) in [5, 5.41) is 4.06. The van der Waals surface area contributed by atoms with Gasteiger partial charge < -0.3 is 5.32 Å². The highest BCUT2D eigenvalue weighted by Gasteiger charge is 2.28. The molecule has 0 saturated heterocycles. The van der Waals surface area contributed by atoms with E-state index in [4.69, 9.17) is 0 Å². The van der Waals surface area contributed by atoms with Gasteiger partial charge in [0, 0.05) is 24.0 Å². The lowest BCUT2D eigenvalue weighted by Crippen LogP contribution is -2.23. The average molecular weight is 282 g/mol. The van der Waals surface area contributed by atoms with E-state index in [1.54, 1.807) is 6.20 Å². The van der Waals surface area contributed by atoms with Crippen LogP contribution in [0.1, 0.15) is 31.4 Å². The second kappa shape index (κ2) is 6.22. The van der Waals surface area contributed by atoms with Crippen LogP contribution in [-0.2, 0) is 0 Å². The summed E-state index contributed by atoms with van der Waals surface area (Å²) in [5.41, 5.74) is 1.72. The van der Waals surface area contributed by atoms with Crippen LogP contribution in [0.2, 0.25) is 0 Å². The molecule has 5 heteroatoms. The third kappa shape index (κ3) is 3.93. The molecule has 20 heavy (non-hydrogen) atoms. The van der Waals surface area contributed by atoms with Crippen LogP contribution in [0.15, 0.2) is 36.5 Å². The molecular formula is C15H17F3N2. The van der Waals surface area contributed by atoms with Crippen molar-refractivity contribution in [3.05, 3.63) is 42.1 Å². The summed E-state index contributed by atoms with van der Waals surface area (Å²) in [7, 11) is 0. The Morgan fingerprint density at radius 2 is 2.05 bits per heavy atom. The molecule has 1 aromatic carbocycles. The van der Waals surface area contributed by atoms with Crippen LogP contribution in [0.4, 0.5) is 13.2 Å². The minimum Gasteiger partial charge on any atom is -0.310 e. The molecule has 1 N–H and O–H groups in total. The standard InChI is InChI=1S/C15H17F3N2/c1-2-19-14(7-8-15(16,17)18)12-5-6-13-11(10-12)4-3-9-20-13/h3-6,9-10,14,19H,2,7-8H2,1H3. The van der Waals surface area contributed by atoms with Crippen molar-refractivity contribution in [1.82, 2.24) is 10.3 Å². The molecule has 1 aromatic heterocycles. The van der Waals surface area contributed by atoms with Gasteiger partial charge in [0.1, 0.15) is 0 Å². The normalized spacial score (nSPS) is 13.6. The predicted octanol–water partition coefficient (Wildman–Crippen LogP) is 4.23. The van der Waals surface area contributed by atoms with Gasteiger partial charge in [0.15, 0.2) is 0 Å². The SMILES string of the molecule is CCNC(CCC(F)(F)F)c1ccc2ncccc2c1. The highest BCUT2D eigenvalue weighted by Crippen LogP contribution is 2.28. The maximum absolute atomic E-state index is 12.4. The quantitative estimate of drug-likeness (QED) is 0.887. The van der Waals surface area contributed by atoms with Gasteiger partial charge >= 0.3 is 6.18 Å². The Labute approximate surface area is 116 Å². The molecule has 0 bridgehead atoms. The van der Waals surface area contributed by atoms with Crippen molar-refractivity contribution < 1.29 is 13.2 Å². The van der Waals surface area contributed by atoms with Gasteiger partial charge in [-0.3, -0.25) is 4.98 Å². The number of benzene rings is 1.